The van der Waals surface area contributed by atoms with Crippen LogP contribution >= 0.6 is 0 Å². The molecule has 2 rings (SSSR count). The summed E-state index contributed by atoms with van der Waals surface area (Å²) in [6.45, 7) is 14.4. The number of nitrogens with one attached hydrogen (secondary N) is 2. The molecule has 10 heteroatoms. The number of aliphatic hydroxyl groups is 1. The fourth-order valence-electron chi connectivity index (χ4n) is 5.14. The number of ether oxygens (including phenoxy) is 3. The van der Waals surface area contributed by atoms with Gasteiger partial charge in [-0.15, -0.1) is 0 Å². The van der Waals surface area contributed by atoms with Gasteiger partial charge >= 0.3 is 0 Å². The highest BCUT2D eigenvalue weighted by molar-refractivity contribution is 5.96. The molecule has 5 N–H and O–H groups in total. The van der Waals surface area contributed by atoms with Crippen LogP contribution in [0.25, 0.3) is 0 Å². The minimum atomic E-state index is -0.827. The first-order valence-corrected chi connectivity index (χ1v) is 15.6. The van der Waals surface area contributed by atoms with Gasteiger partial charge in [0, 0.05) is 58.4 Å². The van der Waals surface area contributed by atoms with Gasteiger partial charge in [0.15, 0.2) is 0 Å². The number of amides is 2. The van der Waals surface area contributed by atoms with Crippen LogP contribution in [0.2, 0.25) is 0 Å². The molecule has 1 heterocycles. The predicted octanol–water partition coefficient (Wildman–Crippen LogP) is 2.68. The zero-order valence-electron chi connectivity index (χ0n) is 26.5. The van der Waals surface area contributed by atoms with Gasteiger partial charge in [-0.2, -0.15) is 0 Å². The van der Waals surface area contributed by atoms with Crippen LogP contribution in [0.5, 0.6) is 5.75 Å². The Morgan fingerprint density at radius 3 is 2.38 bits per heavy atom. The van der Waals surface area contributed by atoms with Crippen LogP contribution in [0.1, 0.15) is 63.7 Å². The van der Waals surface area contributed by atoms with E-state index in [9.17, 15) is 14.7 Å². The van der Waals surface area contributed by atoms with Gasteiger partial charge in [-0.25, -0.2) is 0 Å². The summed E-state index contributed by atoms with van der Waals surface area (Å²) in [6, 6.07) is 6.73. The quantitative estimate of drug-likeness (QED) is 0.170. The Morgan fingerprint density at radius 2 is 1.71 bits per heavy atom. The van der Waals surface area contributed by atoms with Gasteiger partial charge in [0.1, 0.15) is 5.75 Å². The van der Waals surface area contributed by atoms with Crippen molar-refractivity contribution in [3.63, 3.8) is 0 Å². The van der Waals surface area contributed by atoms with Crippen molar-refractivity contribution in [3.8, 4) is 5.75 Å². The van der Waals surface area contributed by atoms with Crippen LogP contribution in [-0.4, -0.2) is 100 Å². The predicted molar refractivity (Wildman–Crippen MR) is 166 cm³/mol. The van der Waals surface area contributed by atoms with E-state index in [1.54, 1.807) is 19.2 Å². The normalized spacial score (nSPS) is 17.1. The molecule has 0 radical (unpaired) electrons. The Morgan fingerprint density at radius 1 is 1.02 bits per heavy atom. The van der Waals surface area contributed by atoms with Crippen molar-refractivity contribution < 1.29 is 28.9 Å². The van der Waals surface area contributed by atoms with Gasteiger partial charge < -0.3 is 35.7 Å². The summed E-state index contributed by atoms with van der Waals surface area (Å²) in [7, 11) is 1.68. The highest BCUT2D eigenvalue weighted by Gasteiger charge is 2.30. The van der Waals surface area contributed by atoms with Gasteiger partial charge in [-0.1, -0.05) is 39.8 Å². The molecular formula is C32H56N4O6. The molecule has 0 spiro atoms. The van der Waals surface area contributed by atoms with E-state index in [1.807, 2.05) is 26.0 Å². The number of morpholine rings is 1. The molecule has 4 atom stereocenters. The molecule has 0 bridgehead atoms. The number of methoxy groups -OCH3 is 1. The number of aliphatic hydroxyl groups excluding tert-OH is 1. The number of nitrogens with zero attached hydrogens (tertiary/aromatic N) is 1. The van der Waals surface area contributed by atoms with E-state index >= 15 is 0 Å². The van der Waals surface area contributed by atoms with Crippen molar-refractivity contribution in [1.29, 1.82) is 0 Å². The van der Waals surface area contributed by atoms with Crippen LogP contribution in [0.3, 0.4) is 0 Å². The van der Waals surface area contributed by atoms with Crippen LogP contribution in [0.15, 0.2) is 24.3 Å². The molecule has 1 aliphatic rings. The fourth-order valence-corrected chi connectivity index (χ4v) is 5.14. The average Bonchev–Trinajstić information content (AvgIpc) is 2.97. The largest absolute Gasteiger partial charge is 0.493 e. The van der Waals surface area contributed by atoms with Crippen molar-refractivity contribution >= 4 is 11.8 Å². The summed E-state index contributed by atoms with van der Waals surface area (Å²) in [4.78, 5) is 28.4. The number of unbranched alkanes of at least 4 members (excludes halogenated alkanes) is 1. The molecule has 0 saturated carbocycles. The lowest BCUT2D eigenvalue weighted by molar-refractivity contribution is -0.127. The van der Waals surface area contributed by atoms with Gasteiger partial charge in [-0.3, -0.25) is 14.5 Å². The van der Waals surface area contributed by atoms with Crippen LogP contribution in [0, 0.1) is 23.7 Å². The molecule has 42 heavy (non-hydrogen) atoms. The van der Waals surface area contributed by atoms with Crippen LogP contribution < -0.4 is 21.1 Å². The third-order valence-corrected chi connectivity index (χ3v) is 8.14. The number of rotatable bonds is 20. The molecule has 1 aliphatic heterocycles. The molecule has 1 saturated heterocycles. The zero-order valence-corrected chi connectivity index (χ0v) is 26.5. The van der Waals surface area contributed by atoms with E-state index in [1.165, 1.54) is 0 Å². The maximum absolute atomic E-state index is 13.1. The number of nitrogens with two attached hydrogens (primary N) is 1. The molecule has 1 aromatic carbocycles. The van der Waals surface area contributed by atoms with Crippen molar-refractivity contribution in [3.05, 3.63) is 29.8 Å². The Bertz CT molecular complexity index is 909. The van der Waals surface area contributed by atoms with Crippen molar-refractivity contribution in [2.45, 2.75) is 65.5 Å². The van der Waals surface area contributed by atoms with Crippen molar-refractivity contribution in [1.82, 2.24) is 15.5 Å². The zero-order chi connectivity index (χ0) is 30.9. The Kier molecular flexibility index (Phi) is 17.0. The smallest absolute Gasteiger partial charge is 0.255 e. The highest BCUT2D eigenvalue weighted by atomic mass is 16.5. The second kappa shape index (κ2) is 19.9. The lowest BCUT2D eigenvalue weighted by atomic mass is 9.83. The fraction of sp³-hybridized carbons (Fsp3) is 0.750. The lowest BCUT2D eigenvalue weighted by Crippen LogP contribution is -2.45. The summed E-state index contributed by atoms with van der Waals surface area (Å²) in [5.74, 6) is 0.341. The molecule has 0 unspecified atom stereocenters. The molecular weight excluding hydrogens is 536 g/mol. The Balaban J connectivity index is 1.87. The van der Waals surface area contributed by atoms with Gasteiger partial charge in [-0.05, 0) is 55.6 Å². The van der Waals surface area contributed by atoms with Crippen LogP contribution in [0.4, 0.5) is 0 Å². The van der Waals surface area contributed by atoms with E-state index in [-0.39, 0.29) is 35.5 Å². The summed E-state index contributed by atoms with van der Waals surface area (Å²) >= 11 is 0. The number of carbonyl (C=O) groups excluding carboxylic acids is 2. The number of benzene rings is 1. The number of hydrogen-bond acceptors (Lipinski definition) is 8. The summed E-state index contributed by atoms with van der Waals surface area (Å²) in [5.41, 5.74) is 6.99. The molecule has 10 nitrogen and oxygen atoms in total. The third kappa shape index (κ3) is 13.0. The number of hydrogen-bond donors (Lipinski definition) is 4. The summed E-state index contributed by atoms with van der Waals surface area (Å²) < 4.78 is 16.3. The number of carbonyl (C=O) groups is 2. The monoisotopic (exact) mass is 592 g/mol. The first-order chi connectivity index (χ1) is 20.1. The topological polar surface area (TPSA) is 135 Å². The second-order valence-corrected chi connectivity index (χ2v) is 12.1. The van der Waals surface area contributed by atoms with E-state index in [2.05, 4.69) is 29.4 Å². The third-order valence-electron chi connectivity index (χ3n) is 8.14. The van der Waals surface area contributed by atoms with Crippen LogP contribution in [-0.2, 0) is 14.3 Å². The summed E-state index contributed by atoms with van der Waals surface area (Å²) in [5, 5.41) is 17.1. The van der Waals surface area contributed by atoms with E-state index in [4.69, 9.17) is 19.9 Å². The molecule has 240 valence electrons. The first kappa shape index (κ1) is 36.0. The lowest BCUT2D eigenvalue weighted by Gasteiger charge is -2.30. The highest BCUT2D eigenvalue weighted by Crippen LogP contribution is 2.24. The first-order valence-electron chi connectivity index (χ1n) is 15.6. The van der Waals surface area contributed by atoms with Gasteiger partial charge in [0.2, 0.25) is 5.91 Å². The SMILES string of the molecule is COCCCCOc1ccccc1C(=O)NC[C@@H](C[C@H](N)[C@@H](O)C[C@H](C(=O)NCCN1CCOCC1)C(C)C)C(C)C. The van der Waals surface area contributed by atoms with E-state index in [0.29, 0.717) is 50.5 Å². The van der Waals surface area contributed by atoms with E-state index < -0.39 is 12.1 Å². The number of para-hydroxylation sites is 1. The molecule has 2 amide bonds. The maximum Gasteiger partial charge on any atom is 0.255 e. The van der Waals surface area contributed by atoms with Gasteiger partial charge in [0.25, 0.3) is 5.91 Å². The average molecular weight is 593 g/mol. The van der Waals surface area contributed by atoms with E-state index in [0.717, 1.165) is 45.7 Å². The molecule has 0 aliphatic carbocycles. The molecule has 1 fully saturated rings. The summed E-state index contributed by atoms with van der Waals surface area (Å²) in [6.07, 6.45) is 1.73. The van der Waals surface area contributed by atoms with Crippen molar-refractivity contribution in [2.75, 3.05) is 66.3 Å². The minimum Gasteiger partial charge on any atom is -0.493 e. The maximum atomic E-state index is 13.1. The standard InChI is InChI=1S/C32H56N4O6/c1-23(2)25(22-35-31(38)26-10-6-7-11-30(26)42-17-9-8-16-40-5)20-28(33)29(37)21-27(24(3)4)32(39)34-12-13-36-14-18-41-19-15-36/h6-7,10-11,23-25,27-29,37H,8-9,12-22,33H2,1-5H3,(H,34,39)(H,35,38)/t25-,27+,28+,29+/m1/s1. The van der Waals surface area contributed by atoms with Gasteiger partial charge in [0.05, 0.1) is 31.5 Å². The minimum absolute atomic E-state index is 0.0447. The Hall–Kier alpha value is -2.24. The Labute approximate surface area is 253 Å². The molecule has 0 aromatic heterocycles. The van der Waals surface area contributed by atoms with Crippen molar-refractivity contribution in [2.24, 2.45) is 29.4 Å². The second-order valence-electron chi connectivity index (χ2n) is 12.1. The molecule has 1 aromatic rings.